The van der Waals surface area contributed by atoms with Crippen LogP contribution in [0.2, 0.25) is 0 Å². The van der Waals surface area contributed by atoms with Gasteiger partial charge < -0.3 is 13.7 Å². The molecule has 8 nitrogen and oxygen atoms in total. The minimum absolute atomic E-state index is 0.0000880. The van der Waals surface area contributed by atoms with Gasteiger partial charge in [-0.25, -0.2) is 0 Å². The summed E-state index contributed by atoms with van der Waals surface area (Å²) in [5.74, 6) is 0.402. The number of imide groups is 1. The first-order chi connectivity index (χ1) is 17.3. The molecule has 1 heterocycles. The van der Waals surface area contributed by atoms with E-state index < -0.39 is 16.0 Å². The van der Waals surface area contributed by atoms with E-state index in [-0.39, 0.29) is 39.7 Å². The topological polar surface area (TPSA) is 99.2 Å². The summed E-state index contributed by atoms with van der Waals surface area (Å²) in [5.41, 5.74) is 1.59. The van der Waals surface area contributed by atoms with Gasteiger partial charge in [0.15, 0.2) is 11.5 Å². The smallest absolute Gasteiger partial charge is 0.339 e. The number of methoxy groups -OCH3 is 1. The summed E-state index contributed by atoms with van der Waals surface area (Å²) in [7, 11) is -2.67. The van der Waals surface area contributed by atoms with E-state index in [0.29, 0.717) is 11.3 Å². The molecule has 0 unspecified atom stereocenters. The first-order valence-corrected chi connectivity index (χ1v) is 13.1. The van der Waals surface area contributed by atoms with Crippen LogP contribution >= 0.6 is 11.8 Å². The summed E-state index contributed by atoms with van der Waals surface area (Å²) in [6, 6.07) is 19.8. The van der Waals surface area contributed by atoms with Gasteiger partial charge in [0.2, 0.25) is 0 Å². The summed E-state index contributed by atoms with van der Waals surface area (Å²) in [6.45, 7) is 2.23. The van der Waals surface area contributed by atoms with Gasteiger partial charge in [0.25, 0.3) is 11.1 Å². The van der Waals surface area contributed by atoms with Gasteiger partial charge in [-0.2, -0.15) is 8.42 Å². The molecule has 2 amide bonds. The molecule has 36 heavy (non-hydrogen) atoms. The molecule has 3 aromatic carbocycles. The zero-order valence-corrected chi connectivity index (χ0v) is 21.2. The van der Waals surface area contributed by atoms with Crippen molar-refractivity contribution < 1.29 is 31.7 Å². The van der Waals surface area contributed by atoms with Gasteiger partial charge in [-0.1, -0.05) is 36.4 Å². The van der Waals surface area contributed by atoms with E-state index in [0.717, 1.165) is 22.2 Å². The molecule has 1 aliphatic rings. The number of carbonyl (C=O) groups excluding carboxylic acids is 2. The highest BCUT2D eigenvalue weighted by molar-refractivity contribution is 8.18. The van der Waals surface area contributed by atoms with Crippen molar-refractivity contribution in [2.75, 3.05) is 20.3 Å². The van der Waals surface area contributed by atoms with Crippen LogP contribution < -0.4 is 13.7 Å². The van der Waals surface area contributed by atoms with E-state index in [4.69, 9.17) is 13.7 Å². The molecule has 0 bridgehead atoms. The third-order valence-electron chi connectivity index (χ3n) is 5.16. The fraction of sp³-hybridized carbons (Fsp3) is 0.154. The van der Waals surface area contributed by atoms with Crippen molar-refractivity contribution in [3.8, 4) is 17.2 Å². The summed E-state index contributed by atoms with van der Waals surface area (Å²) < 4.78 is 41.3. The lowest BCUT2D eigenvalue weighted by molar-refractivity contribution is -0.123. The van der Waals surface area contributed by atoms with Gasteiger partial charge in [-0.05, 0) is 72.3 Å². The molecule has 186 valence electrons. The maximum Gasteiger partial charge on any atom is 0.339 e. The Kier molecular flexibility index (Phi) is 7.66. The zero-order valence-electron chi connectivity index (χ0n) is 19.5. The Balaban J connectivity index is 1.45. The van der Waals surface area contributed by atoms with E-state index in [1.165, 1.54) is 31.4 Å². The minimum atomic E-state index is -4.05. The molecule has 1 aliphatic heterocycles. The number of thioether (sulfide) groups is 1. The van der Waals surface area contributed by atoms with Crippen LogP contribution in [0.4, 0.5) is 4.79 Å². The Morgan fingerprint density at radius 3 is 2.44 bits per heavy atom. The SMILES string of the molecule is COc1cc(/C=C2\SC(=O)N(CCOc3cccc(C)c3)C2=O)ccc1OS(=O)(=O)c1ccccc1. The van der Waals surface area contributed by atoms with Crippen LogP contribution in [0.3, 0.4) is 0 Å². The van der Waals surface area contributed by atoms with Crippen molar-refractivity contribution in [1.29, 1.82) is 0 Å². The third kappa shape index (κ3) is 5.89. The Bertz CT molecular complexity index is 1420. The molecule has 3 aromatic rings. The summed E-state index contributed by atoms with van der Waals surface area (Å²) in [5, 5.41) is -0.389. The molecule has 1 fully saturated rings. The third-order valence-corrected chi connectivity index (χ3v) is 7.32. The minimum Gasteiger partial charge on any atom is -0.493 e. The zero-order chi connectivity index (χ0) is 25.7. The Labute approximate surface area is 213 Å². The number of rotatable bonds is 9. The van der Waals surface area contributed by atoms with Crippen LogP contribution in [0.25, 0.3) is 6.08 Å². The van der Waals surface area contributed by atoms with Crippen LogP contribution in [-0.2, 0) is 14.9 Å². The molecule has 0 spiro atoms. The Hall–Kier alpha value is -3.76. The summed E-state index contributed by atoms with van der Waals surface area (Å²) >= 11 is 0.825. The first-order valence-electron chi connectivity index (χ1n) is 10.9. The van der Waals surface area contributed by atoms with Crippen LogP contribution in [-0.4, -0.2) is 44.7 Å². The monoisotopic (exact) mass is 525 g/mol. The number of hydrogen-bond donors (Lipinski definition) is 0. The molecule has 0 radical (unpaired) electrons. The molecular formula is C26H23NO7S2. The van der Waals surface area contributed by atoms with Gasteiger partial charge in [0, 0.05) is 0 Å². The molecule has 1 saturated heterocycles. The second-order valence-corrected chi connectivity index (χ2v) is 10.3. The van der Waals surface area contributed by atoms with Crippen LogP contribution in [0.1, 0.15) is 11.1 Å². The predicted molar refractivity (Wildman–Crippen MR) is 137 cm³/mol. The maximum atomic E-state index is 12.8. The van der Waals surface area contributed by atoms with E-state index >= 15 is 0 Å². The molecule has 0 N–H and O–H groups in total. The van der Waals surface area contributed by atoms with Crippen LogP contribution in [0.15, 0.2) is 82.6 Å². The lowest BCUT2D eigenvalue weighted by Crippen LogP contribution is -2.32. The van der Waals surface area contributed by atoms with E-state index in [9.17, 15) is 18.0 Å². The number of hydrogen-bond acceptors (Lipinski definition) is 8. The lowest BCUT2D eigenvalue weighted by atomic mass is 10.2. The number of amides is 2. The van der Waals surface area contributed by atoms with Crippen molar-refractivity contribution in [3.63, 3.8) is 0 Å². The van der Waals surface area contributed by atoms with Crippen molar-refractivity contribution in [1.82, 2.24) is 4.90 Å². The number of aryl methyl sites for hydroxylation is 1. The Morgan fingerprint density at radius 1 is 0.944 bits per heavy atom. The highest BCUT2D eigenvalue weighted by atomic mass is 32.2. The first kappa shape index (κ1) is 25.3. The van der Waals surface area contributed by atoms with Crippen molar-refractivity contribution in [2.45, 2.75) is 11.8 Å². The molecule has 4 rings (SSSR count). The Morgan fingerprint density at radius 2 is 1.72 bits per heavy atom. The van der Waals surface area contributed by atoms with Crippen molar-refractivity contribution in [3.05, 3.63) is 88.8 Å². The van der Waals surface area contributed by atoms with Crippen LogP contribution in [0.5, 0.6) is 17.2 Å². The van der Waals surface area contributed by atoms with Gasteiger partial charge in [0.05, 0.1) is 18.6 Å². The predicted octanol–water partition coefficient (Wildman–Crippen LogP) is 4.89. The fourth-order valence-corrected chi connectivity index (χ4v) is 5.23. The second-order valence-electron chi connectivity index (χ2n) is 7.76. The quantitative estimate of drug-likeness (QED) is 0.288. The molecule has 10 heteroatoms. The van der Waals surface area contributed by atoms with Crippen LogP contribution in [0, 0.1) is 6.92 Å². The standard InChI is InChI=1S/C26H23NO7S2/c1-18-7-6-8-20(15-18)33-14-13-27-25(28)24(35-26(27)29)17-19-11-12-22(23(16-19)32-2)34-36(30,31)21-9-4-3-5-10-21/h3-12,15-17H,13-14H2,1-2H3/b24-17-. The molecule has 0 atom stereocenters. The van der Waals surface area contributed by atoms with E-state index in [1.54, 1.807) is 30.3 Å². The molecule has 0 aliphatic carbocycles. The average Bonchev–Trinajstić information content (AvgIpc) is 3.12. The fourth-order valence-electron chi connectivity index (χ4n) is 3.40. The van der Waals surface area contributed by atoms with E-state index in [1.807, 2.05) is 31.2 Å². The van der Waals surface area contributed by atoms with Crippen molar-refractivity contribution >= 4 is 39.1 Å². The van der Waals surface area contributed by atoms with Gasteiger partial charge in [-0.15, -0.1) is 0 Å². The van der Waals surface area contributed by atoms with Gasteiger partial charge in [-0.3, -0.25) is 14.5 Å². The number of benzene rings is 3. The lowest BCUT2D eigenvalue weighted by Gasteiger charge is -2.13. The van der Waals surface area contributed by atoms with Gasteiger partial charge in [0.1, 0.15) is 17.3 Å². The average molecular weight is 526 g/mol. The highest BCUT2D eigenvalue weighted by Gasteiger charge is 2.35. The molecule has 0 aromatic heterocycles. The molecular weight excluding hydrogens is 502 g/mol. The summed E-state index contributed by atoms with van der Waals surface area (Å²) in [4.78, 5) is 26.6. The van der Waals surface area contributed by atoms with Crippen molar-refractivity contribution in [2.24, 2.45) is 0 Å². The highest BCUT2D eigenvalue weighted by Crippen LogP contribution is 2.35. The summed E-state index contributed by atoms with van der Waals surface area (Å²) in [6.07, 6.45) is 1.55. The van der Waals surface area contributed by atoms with E-state index in [2.05, 4.69) is 0 Å². The normalized spacial score (nSPS) is 14.8. The second kappa shape index (κ2) is 10.9. The number of ether oxygens (including phenoxy) is 2. The number of nitrogens with zero attached hydrogens (tertiary/aromatic N) is 1. The van der Waals surface area contributed by atoms with Gasteiger partial charge >= 0.3 is 10.1 Å². The molecule has 0 saturated carbocycles. The largest absolute Gasteiger partial charge is 0.493 e. The number of carbonyl (C=O) groups is 2. The maximum absolute atomic E-state index is 12.8.